The molecule has 0 fully saturated rings. The highest BCUT2D eigenvalue weighted by Gasteiger charge is 2.20. The lowest BCUT2D eigenvalue weighted by Crippen LogP contribution is -2.37. The average molecular weight is 894 g/mol. The third-order valence-electron chi connectivity index (χ3n) is 11.1. The molecule has 0 aromatic heterocycles. The summed E-state index contributed by atoms with van der Waals surface area (Å²) in [5.41, 5.74) is 0. The maximum absolute atomic E-state index is 12.7. The van der Waals surface area contributed by atoms with E-state index in [1.807, 2.05) is 21.1 Å². The van der Waals surface area contributed by atoms with Crippen molar-refractivity contribution < 1.29 is 37.3 Å². The molecule has 0 saturated carbocycles. The van der Waals surface area contributed by atoms with Crippen LogP contribution >= 0.6 is 7.82 Å². The van der Waals surface area contributed by atoms with Crippen molar-refractivity contribution in [1.29, 1.82) is 0 Å². The molecule has 62 heavy (non-hydrogen) atoms. The summed E-state index contributed by atoms with van der Waals surface area (Å²) >= 11 is 0. The second kappa shape index (κ2) is 46.0. The number of nitrogens with zero attached hydrogens (tertiary/aromatic N) is 1. The van der Waals surface area contributed by atoms with Gasteiger partial charge in [0.1, 0.15) is 19.3 Å². The van der Waals surface area contributed by atoms with Crippen molar-refractivity contribution in [3.05, 3.63) is 48.6 Å². The number of esters is 1. The summed E-state index contributed by atoms with van der Waals surface area (Å²) < 4.78 is 34.7. The van der Waals surface area contributed by atoms with Gasteiger partial charge >= 0.3 is 5.97 Å². The number of hydrogen-bond donors (Lipinski definition) is 0. The monoisotopic (exact) mass is 894 g/mol. The number of ether oxygens (including phenoxy) is 2. The highest BCUT2D eigenvalue weighted by atomic mass is 31.2. The van der Waals surface area contributed by atoms with Crippen molar-refractivity contribution >= 4 is 13.8 Å². The largest absolute Gasteiger partial charge is 0.756 e. The first-order chi connectivity index (χ1) is 30.1. The van der Waals surface area contributed by atoms with Crippen LogP contribution in [0.15, 0.2) is 48.6 Å². The fourth-order valence-corrected chi connectivity index (χ4v) is 7.81. The van der Waals surface area contributed by atoms with E-state index >= 15 is 0 Å². The van der Waals surface area contributed by atoms with Crippen LogP contribution in [0.3, 0.4) is 0 Å². The standard InChI is InChI=1S/C53H100NO7P/c1-6-8-10-12-14-16-18-20-22-24-26-27-28-30-32-34-36-38-40-42-44-46-53(55)61-52(51-60-62(56,57)59-49-47-54(3,4)5)50-58-48-45-43-41-39-37-35-33-31-29-25-23-21-19-17-15-13-11-9-7-2/h18,20,23-26,28,30,52H,6-17,19,21-22,27,29,31-51H2,1-5H3/b20-18-,25-23-,26-24-,30-28-. The highest BCUT2D eigenvalue weighted by molar-refractivity contribution is 7.45. The molecular formula is C53H100NO7P. The third kappa shape index (κ3) is 49.5. The topological polar surface area (TPSA) is 94.1 Å². The van der Waals surface area contributed by atoms with Crippen molar-refractivity contribution in [1.82, 2.24) is 0 Å². The molecule has 0 bridgehead atoms. The second-order valence-corrected chi connectivity index (χ2v) is 19.9. The third-order valence-corrected chi connectivity index (χ3v) is 12.1. The van der Waals surface area contributed by atoms with E-state index in [-0.39, 0.29) is 25.8 Å². The highest BCUT2D eigenvalue weighted by Crippen LogP contribution is 2.38. The van der Waals surface area contributed by atoms with E-state index < -0.39 is 13.9 Å². The quantitative estimate of drug-likeness (QED) is 0.0197. The van der Waals surface area contributed by atoms with Crippen LogP contribution < -0.4 is 4.89 Å². The van der Waals surface area contributed by atoms with Gasteiger partial charge in [-0.3, -0.25) is 9.36 Å². The molecule has 2 atom stereocenters. The Balaban J connectivity index is 4.18. The SMILES string of the molecule is CCCCCCC/C=C\C/C=C\C/C=C\CCCCCCCCC(=O)OC(COCCCCCCCCCC/C=C\CCCCCCCCC)COP(=O)([O-])OCC[N+](C)(C)C. The van der Waals surface area contributed by atoms with Crippen LogP contribution in [-0.2, 0) is 27.9 Å². The molecule has 0 spiro atoms. The Morgan fingerprint density at radius 3 is 1.34 bits per heavy atom. The first kappa shape index (κ1) is 60.5. The minimum absolute atomic E-state index is 0.0217. The lowest BCUT2D eigenvalue weighted by molar-refractivity contribution is -0.870. The first-order valence-electron chi connectivity index (χ1n) is 25.9. The van der Waals surface area contributed by atoms with E-state index in [1.54, 1.807) is 0 Å². The van der Waals surface area contributed by atoms with Gasteiger partial charge in [-0.25, -0.2) is 0 Å². The van der Waals surface area contributed by atoms with Crippen LogP contribution in [0.2, 0.25) is 0 Å². The lowest BCUT2D eigenvalue weighted by atomic mass is 10.1. The molecule has 0 heterocycles. The number of phosphoric ester groups is 1. The zero-order valence-electron chi connectivity index (χ0n) is 41.3. The summed E-state index contributed by atoms with van der Waals surface area (Å²) in [6.45, 7) is 5.40. The summed E-state index contributed by atoms with van der Waals surface area (Å²) in [6, 6.07) is 0. The normalized spacial score (nSPS) is 14.0. The Kier molecular flexibility index (Phi) is 44.9. The zero-order chi connectivity index (χ0) is 45.5. The number of hydrogen-bond acceptors (Lipinski definition) is 7. The molecule has 9 heteroatoms. The Bertz CT molecular complexity index is 1130. The number of likely N-dealkylation sites (N-methyl/N-ethyl adjacent to an activating group) is 1. The molecule has 0 radical (unpaired) electrons. The first-order valence-corrected chi connectivity index (χ1v) is 27.3. The van der Waals surface area contributed by atoms with E-state index in [2.05, 4.69) is 62.5 Å². The van der Waals surface area contributed by atoms with E-state index in [4.69, 9.17) is 18.5 Å². The fraction of sp³-hybridized carbons (Fsp3) is 0.830. The molecule has 0 aromatic carbocycles. The predicted octanol–water partition coefficient (Wildman–Crippen LogP) is 15.3. The summed E-state index contributed by atoms with van der Waals surface area (Å²) in [6.07, 6.45) is 57.0. The number of unbranched alkanes of at least 4 members (excludes halogenated alkanes) is 26. The van der Waals surface area contributed by atoms with Crippen LogP contribution in [0.25, 0.3) is 0 Å². The summed E-state index contributed by atoms with van der Waals surface area (Å²) in [7, 11) is 1.35. The molecule has 364 valence electrons. The van der Waals surface area contributed by atoms with Crippen LogP contribution in [0, 0.1) is 0 Å². The van der Waals surface area contributed by atoms with Crippen molar-refractivity contribution in [2.24, 2.45) is 0 Å². The number of quaternary nitrogens is 1. The maximum Gasteiger partial charge on any atom is 0.306 e. The Hall–Kier alpha value is -1.54. The van der Waals surface area contributed by atoms with Gasteiger partial charge < -0.3 is 27.9 Å². The number of carbonyl (C=O) groups is 1. The molecule has 0 aromatic rings. The van der Waals surface area contributed by atoms with Gasteiger partial charge in [0.2, 0.25) is 0 Å². The van der Waals surface area contributed by atoms with Crippen LogP contribution in [0.1, 0.15) is 226 Å². The van der Waals surface area contributed by atoms with E-state index in [1.165, 1.54) is 148 Å². The molecule has 0 rings (SSSR count). The summed E-state index contributed by atoms with van der Waals surface area (Å²) in [5.74, 6) is -0.346. The minimum atomic E-state index is -4.54. The molecule has 0 aliphatic carbocycles. The molecule has 0 N–H and O–H groups in total. The second-order valence-electron chi connectivity index (χ2n) is 18.5. The van der Waals surface area contributed by atoms with E-state index in [9.17, 15) is 14.3 Å². The van der Waals surface area contributed by atoms with Crippen molar-refractivity contribution in [3.8, 4) is 0 Å². The molecule has 8 nitrogen and oxygen atoms in total. The van der Waals surface area contributed by atoms with Gasteiger partial charge in [0, 0.05) is 13.0 Å². The van der Waals surface area contributed by atoms with E-state index in [0.717, 1.165) is 57.8 Å². The molecule has 0 aliphatic heterocycles. The molecule has 0 aliphatic rings. The molecule has 0 amide bonds. The average Bonchev–Trinajstić information content (AvgIpc) is 3.23. The number of phosphoric acid groups is 1. The Morgan fingerprint density at radius 2 is 0.887 bits per heavy atom. The number of carbonyl (C=O) groups excluding carboxylic acids is 1. The van der Waals surface area contributed by atoms with Gasteiger partial charge in [-0.15, -0.1) is 0 Å². The lowest BCUT2D eigenvalue weighted by Gasteiger charge is -2.28. The van der Waals surface area contributed by atoms with Gasteiger partial charge in [-0.2, -0.15) is 0 Å². The molecule has 2 unspecified atom stereocenters. The number of allylic oxidation sites excluding steroid dienone is 8. The van der Waals surface area contributed by atoms with Gasteiger partial charge in [0.25, 0.3) is 7.82 Å². The number of rotatable bonds is 48. The summed E-state index contributed by atoms with van der Waals surface area (Å²) in [5, 5.41) is 0. The van der Waals surface area contributed by atoms with Gasteiger partial charge in [0.15, 0.2) is 0 Å². The van der Waals surface area contributed by atoms with E-state index in [0.29, 0.717) is 24.1 Å². The Labute approximate surface area is 384 Å². The smallest absolute Gasteiger partial charge is 0.306 e. The Morgan fingerprint density at radius 1 is 0.500 bits per heavy atom. The van der Waals surface area contributed by atoms with Gasteiger partial charge in [-0.1, -0.05) is 191 Å². The van der Waals surface area contributed by atoms with Crippen LogP contribution in [0.4, 0.5) is 0 Å². The maximum atomic E-state index is 12.7. The van der Waals surface area contributed by atoms with Crippen LogP contribution in [-0.4, -0.2) is 70.7 Å². The molecule has 0 saturated heterocycles. The predicted molar refractivity (Wildman–Crippen MR) is 263 cm³/mol. The molecular weight excluding hydrogens is 794 g/mol. The zero-order valence-corrected chi connectivity index (χ0v) is 42.2. The van der Waals surface area contributed by atoms with Gasteiger partial charge in [-0.05, 0) is 77.0 Å². The summed E-state index contributed by atoms with van der Waals surface area (Å²) in [4.78, 5) is 25.2. The minimum Gasteiger partial charge on any atom is -0.756 e. The van der Waals surface area contributed by atoms with Crippen LogP contribution in [0.5, 0.6) is 0 Å². The van der Waals surface area contributed by atoms with Crippen molar-refractivity contribution in [3.63, 3.8) is 0 Å². The van der Waals surface area contributed by atoms with Crippen molar-refractivity contribution in [2.45, 2.75) is 232 Å². The van der Waals surface area contributed by atoms with Crippen molar-refractivity contribution in [2.75, 3.05) is 54.1 Å². The fourth-order valence-electron chi connectivity index (χ4n) is 7.08. The van der Waals surface area contributed by atoms with Gasteiger partial charge in [0.05, 0.1) is 34.4 Å².